The fourth-order valence-electron chi connectivity index (χ4n) is 2.38. The van der Waals surface area contributed by atoms with E-state index in [1.807, 2.05) is 42.6 Å². The molecule has 2 amide bonds. The third kappa shape index (κ3) is 4.92. The van der Waals surface area contributed by atoms with E-state index in [9.17, 15) is 9.59 Å². The number of hydrogen-bond donors (Lipinski definition) is 2. The number of thiophene rings is 1. The van der Waals surface area contributed by atoms with E-state index in [4.69, 9.17) is 0 Å². The number of nitrogens with zero attached hydrogens (tertiary/aromatic N) is 2. The van der Waals surface area contributed by atoms with Gasteiger partial charge in [-0.1, -0.05) is 12.1 Å². The highest BCUT2D eigenvalue weighted by atomic mass is 32.1. The highest BCUT2D eigenvalue weighted by Crippen LogP contribution is 2.14. The van der Waals surface area contributed by atoms with Gasteiger partial charge in [0.05, 0.1) is 4.88 Å². The third-order valence-electron chi connectivity index (χ3n) is 3.87. The van der Waals surface area contributed by atoms with E-state index in [0.29, 0.717) is 22.7 Å². The number of hydrogen-bond acceptors (Lipinski definition) is 5. The molecule has 0 aliphatic carbocycles. The van der Waals surface area contributed by atoms with E-state index in [1.165, 1.54) is 11.3 Å². The van der Waals surface area contributed by atoms with Crippen molar-refractivity contribution in [1.29, 1.82) is 0 Å². The second kappa shape index (κ2) is 8.46. The topological polar surface area (TPSA) is 74.3 Å². The molecule has 0 aliphatic heterocycles. The molecule has 0 radical (unpaired) electrons. The molecule has 0 fully saturated rings. The molecule has 3 rings (SSSR count). The first-order chi connectivity index (χ1) is 13.0. The number of carbonyl (C=O) groups excluding carboxylic acids is 2. The van der Waals surface area contributed by atoms with Gasteiger partial charge in [-0.2, -0.15) is 0 Å². The van der Waals surface area contributed by atoms with Crippen molar-refractivity contribution in [3.05, 3.63) is 76.1 Å². The van der Waals surface area contributed by atoms with Crippen molar-refractivity contribution < 1.29 is 9.59 Å². The predicted molar refractivity (Wildman–Crippen MR) is 108 cm³/mol. The lowest BCUT2D eigenvalue weighted by Gasteiger charge is -2.11. The molecular formula is C20H20N4O2S. The van der Waals surface area contributed by atoms with Crippen LogP contribution in [0.2, 0.25) is 0 Å². The first-order valence-corrected chi connectivity index (χ1v) is 9.26. The van der Waals surface area contributed by atoms with Gasteiger partial charge < -0.3 is 15.5 Å². The summed E-state index contributed by atoms with van der Waals surface area (Å²) >= 11 is 1.38. The standard InChI is InChI=1S/C20H20N4O2S/c1-24(2)18-10-5-14(12-21-18)13-22-19(25)15-6-8-16(9-7-15)23-20(26)17-4-3-11-27-17/h3-12H,13H2,1-2H3,(H,22,25)(H,23,26). The average Bonchev–Trinajstić information content (AvgIpc) is 3.22. The van der Waals surface area contributed by atoms with Crippen molar-refractivity contribution in [2.45, 2.75) is 6.54 Å². The maximum atomic E-state index is 12.3. The van der Waals surface area contributed by atoms with Gasteiger partial charge in [-0.05, 0) is 47.3 Å². The average molecular weight is 380 g/mol. The SMILES string of the molecule is CN(C)c1ccc(CNC(=O)c2ccc(NC(=O)c3cccs3)cc2)cn1. The van der Waals surface area contributed by atoms with Crippen LogP contribution in [0.1, 0.15) is 25.6 Å². The Hall–Kier alpha value is -3.19. The summed E-state index contributed by atoms with van der Waals surface area (Å²) in [5.41, 5.74) is 2.10. The van der Waals surface area contributed by atoms with Crippen molar-refractivity contribution in [2.75, 3.05) is 24.3 Å². The Bertz CT molecular complexity index is 904. The molecule has 27 heavy (non-hydrogen) atoms. The van der Waals surface area contributed by atoms with Crippen LogP contribution < -0.4 is 15.5 Å². The zero-order valence-electron chi connectivity index (χ0n) is 15.1. The molecule has 7 heteroatoms. The molecule has 1 aromatic carbocycles. The van der Waals surface area contributed by atoms with Crippen LogP contribution in [0.15, 0.2) is 60.1 Å². The third-order valence-corrected chi connectivity index (χ3v) is 4.74. The number of amides is 2. The van der Waals surface area contributed by atoms with Crippen molar-refractivity contribution >= 4 is 34.7 Å². The van der Waals surface area contributed by atoms with Gasteiger partial charge in [0.2, 0.25) is 0 Å². The monoisotopic (exact) mass is 380 g/mol. The molecule has 0 saturated heterocycles. The lowest BCUT2D eigenvalue weighted by molar-refractivity contribution is 0.0950. The Labute approximate surface area is 161 Å². The Balaban J connectivity index is 1.55. The normalized spacial score (nSPS) is 10.3. The number of pyridine rings is 1. The zero-order chi connectivity index (χ0) is 19.2. The Morgan fingerprint density at radius 1 is 1.04 bits per heavy atom. The predicted octanol–water partition coefficient (Wildman–Crippen LogP) is 3.39. The van der Waals surface area contributed by atoms with Gasteiger partial charge in [0.1, 0.15) is 5.82 Å². The molecular weight excluding hydrogens is 360 g/mol. The quantitative estimate of drug-likeness (QED) is 0.687. The minimum absolute atomic E-state index is 0.157. The van der Waals surface area contributed by atoms with E-state index >= 15 is 0 Å². The second-order valence-electron chi connectivity index (χ2n) is 6.11. The molecule has 0 aliphatic rings. The van der Waals surface area contributed by atoms with Gasteiger partial charge in [0.15, 0.2) is 0 Å². The van der Waals surface area contributed by atoms with E-state index in [2.05, 4.69) is 15.6 Å². The van der Waals surface area contributed by atoms with Crippen LogP contribution >= 0.6 is 11.3 Å². The smallest absolute Gasteiger partial charge is 0.265 e. The summed E-state index contributed by atoms with van der Waals surface area (Å²) in [5.74, 6) is 0.531. The number of carbonyl (C=O) groups is 2. The van der Waals surface area contributed by atoms with Crippen LogP contribution in [0, 0.1) is 0 Å². The van der Waals surface area contributed by atoms with Crippen molar-refractivity contribution in [2.24, 2.45) is 0 Å². The minimum Gasteiger partial charge on any atom is -0.363 e. The Morgan fingerprint density at radius 3 is 2.41 bits per heavy atom. The summed E-state index contributed by atoms with van der Waals surface area (Å²) in [7, 11) is 3.85. The lowest BCUT2D eigenvalue weighted by atomic mass is 10.2. The molecule has 0 spiro atoms. The molecule has 6 nitrogen and oxygen atoms in total. The molecule has 2 N–H and O–H groups in total. The first kappa shape index (κ1) is 18.6. The molecule has 0 atom stereocenters. The highest BCUT2D eigenvalue weighted by molar-refractivity contribution is 7.12. The van der Waals surface area contributed by atoms with E-state index in [-0.39, 0.29) is 11.8 Å². The molecule has 138 valence electrons. The van der Waals surface area contributed by atoms with Crippen molar-refractivity contribution in [3.8, 4) is 0 Å². The minimum atomic E-state index is -0.178. The largest absolute Gasteiger partial charge is 0.363 e. The van der Waals surface area contributed by atoms with Crippen LogP contribution in [0.25, 0.3) is 0 Å². The fraction of sp³-hybridized carbons (Fsp3) is 0.150. The van der Waals surface area contributed by atoms with Crippen molar-refractivity contribution in [3.63, 3.8) is 0 Å². The van der Waals surface area contributed by atoms with Crippen LogP contribution in [0.5, 0.6) is 0 Å². The van der Waals surface area contributed by atoms with Gasteiger partial charge >= 0.3 is 0 Å². The van der Waals surface area contributed by atoms with Gasteiger partial charge in [-0.15, -0.1) is 11.3 Å². The first-order valence-electron chi connectivity index (χ1n) is 8.38. The number of benzene rings is 1. The summed E-state index contributed by atoms with van der Waals surface area (Å²) in [6.07, 6.45) is 1.75. The zero-order valence-corrected chi connectivity index (χ0v) is 15.9. The Kier molecular flexibility index (Phi) is 5.83. The van der Waals surface area contributed by atoms with Crippen LogP contribution in [0.4, 0.5) is 11.5 Å². The summed E-state index contributed by atoms with van der Waals surface area (Å²) in [5, 5.41) is 7.53. The fourth-order valence-corrected chi connectivity index (χ4v) is 2.99. The summed E-state index contributed by atoms with van der Waals surface area (Å²) in [4.78, 5) is 31.2. The number of rotatable bonds is 6. The van der Waals surface area contributed by atoms with E-state index < -0.39 is 0 Å². The number of anilines is 2. The second-order valence-corrected chi connectivity index (χ2v) is 7.06. The van der Waals surface area contributed by atoms with Gasteiger partial charge in [0.25, 0.3) is 11.8 Å². The van der Waals surface area contributed by atoms with Crippen molar-refractivity contribution in [1.82, 2.24) is 10.3 Å². The van der Waals surface area contributed by atoms with Gasteiger partial charge in [0, 0.05) is 38.1 Å². The molecule has 0 saturated carbocycles. The summed E-state index contributed by atoms with van der Waals surface area (Å²) in [6, 6.07) is 14.2. The summed E-state index contributed by atoms with van der Waals surface area (Å²) in [6.45, 7) is 0.399. The Morgan fingerprint density at radius 2 is 1.81 bits per heavy atom. The lowest BCUT2D eigenvalue weighted by Crippen LogP contribution is -2.23. The highest BCUT2D eigenvalue weighted by Gasteiger charge is 2.09. The van der Waals surface area contributed by atoms with Gasteiger partial charge in [-0.25, -0.2) is 4.98 Å². The number of aromatic nitrogens is 1. The van der Waals surface area contributed by atoms with E-state index in [1.54, 1.807) is 36.5 Å². The van der Waals surface area contributed by atoms with Crippen LogP contribution in [-0.2, 0) is 6.54 Å². The molecule has 2 heterocycles. The molecule has 0 unspecified atom stereocenters. The molecule has 3 aromatic rings. The van der Waals surface area contributed by atoms with Crippen LogP contribution in [-0.4, -0.2) is 30.9 Å². The molecule has 0 bridgehead atoms. The van der Waals surface area contributed by atoms with Crippen LogP contribution in [0.3, 0.4) is 0 Å². The maximum Gasteiger partial charge on any atom is 0.265 e. The van der Waals surface area contributed by atoms with E-state index in [0.717, 1.165) is 11.4 Å². The number of nitrogens with one attached hydrogen (secondary N) is 2. The summed E-state index contributed by atoms with van der Waals surface area (Å²) < 4.78 is 0. The molecule has 2 aromatic heterocycles. The van der Waals surface area contributed by atoms with Gasteiger partial charge in [-0.3, -0.25) is 9.59 Å². The maximum absolute atomic E-state index is 12.3.